The van der Waals surface area contributed by atoms with E-state index in [9.17, 15) is 9.18 Å². The Hall–Kier alpha value is -4.24. The van der Waals surface area contributed by atoms with Crippen LogP contribution >= 0.6 is 11.6 Å². The Morgan fingerprint density at radius 1 is 1.24 bits per heavy atom. The number of hydrogen-bond donors (Lipinski definition) is 1. The maximum atomic E-state index is 13.4. The molecule has 1 saturated heterocycles. The molecule has 1 N–H and O–H groups in total. The molecule has 1 unspecified atom stereocenters. The van der Waals surface area contributed by atoms with E-state index in [-0.39, 0.29) is 24.4 Å². The van der Waals surface area contributed by atoms with Crippen molar-refractivity contribution in [2.24, 2.45) is 0 Å². The Labute approximate surface area is 218 Å². The second-order valence-electron chi connectivity index (χ2n) is 8.51. The van der Waals surface area contributed by atoms with Crippen LogP contribution in [-0.4, -0.2) is 44.9 Å². The summed E-state index contributed by atoms with van der Waals surface area (Å²) < 4.78 is 19.2. The van der Waals surface area contributed by atoms with Gasteiger partial charge < -0.3 is 25.3 Å². The standard InChI is InChI=1S/C27H23ClFN6O2/c1-2-25(36)35-11-10-20(14-35)32-24-9-7-22-26(34-24)27(31-16-30-22)33-19-6-8-23(21(28)13-19)37-15-17-4-3-5-18(29)12-17/h2-9,12-13,16,20H,1,10-11,14-15H2,(H-,30,31,32,33,34)/q-1. The van der Waals surface area contributed by atoms with Gasteiger partial charge in [0.05, 0.1) is 10.5 Å². The number of likely N-dealkylation sites (tertiary alicyclic amines) is 1. The number of anilines is 2. The lowest BCUT2D eigenvalue weighted by molar-refractivity contribution is -0.124. The zero-order valence-electron chi connectivity index (χ0n) is 19.8. The van der Waals surface area contributed by atoms with E-state index >= 15 is 0 Å². The monoisotopic (exact) mass is 517 g/mol. The number of hydrogen-bond acceptors (Lipinski definition) is 6. The Balaban J connectivity index is 1.29. The summed E-state index contributed by atoms with van der Waals surface area (Å²) in [7, 11) is 0. The second kappa shape index (κ2) is 10.8. The summed E-state index contributed by atoms with van der Waals surface area (Å²) in [5.41, 5.74) is 2.60. The highest BCUT2D eigenvalue weighted by molar-refractivity contribution is 6.32. The van der Waals surface area contributed by atoms with Crippen LogP contribution < -0.4 is 10.1 Å². The van der Waals surface area contributed by atoms with E-state index in [4.69, 9.17) is 21.7 Å². The van der Waals surface area contributed by atoms with E-state index in [0.29, 0.717) is 57.8 Å². The molecule has 3 heterocycles. The van der Waals surface area contributed by atoms with Gasteiger partial charge in [-0.2, -0.15) is 0 Å². The molecular weight excluding hydrogens is 495 g/mol. The number of benzene rings is 2. The van der Waals surface area contributed by atoms with E-state index in [2.05, 4.69) is 26.8 Å². The summed E-state index contributed by atoms with van der Waals surface area (Å²) in [5.74, 6) is 1.11. The number of pyridine rings is 1. The van der Waals surface area contributed by atoms with Crippen LogP contribution in [0.15, 0.2) is 73.6 Å². The smallest absolute Gasteiger partial charge is 0.245 e. The van der Waals surface area contributed by atoms with Gasteiger partial charge in [0.25, 0.3) is 0 Å². The van der Waals surface area contributed by atoms with Crippen LogP contribution in [0.4, 0.5) is 21.7 Å². The molecule has 1 amide bonds. The second-order valence-corrected chi connectivity index (χ2v) is 8.92. The number of aromatic nitrogens is 3. The molecule has 1 atom stereocenters. The van der Waals surface area contributed by atoms with Gasteiger partial charge in [0.2, 0.25) is 5.91 Å². The molecule has 2 aromatic carbocycles. The van der Waals surface area contributed by atoms with Crippen molar-refractivity contribution >= 4 is 45.9 Å². The van der Waals surface area contributed by atoms with Crippen LogP contribution in [0.2, 0.25) is 5.02 Å². The molecule has 8 nitrogen and oxygen atoms in total. The average molecular weight is 518 g/mol. The predicted octanol–water partition coefficient (Wildman–Crippen LogP) is 5.93. The van der Waals surface area contributed by atoms with Crippen LogP contribution in [0, 0.1) is 5.82 Å². The summed E-state index contributed by atoms with van der Waals surface area (Å²) in [4.78, 5) is 26.9. The fourth-order valence-electron chi connectivity index (χ4n) is 4.08. The number of nitrogens with one attached hydrogen (secondary N) is 1. The van der Waals surface area contributed by atoms with Crippen LogP contribution in [0.3, 0.4) is 0 Å². The minimum atomic E-state index is -0.318. The minimum absolute atomic E-state index is 0.0337. The molecule has 0 radical (unpaired) electrons. The number of fused-ring (bicyclic) bond motifs is 1. The van der Waals surface area contributed by atoms with Gasteiger partial charge in [-0.3, -0.25) is 4.79 Å². The van der Waals surface area contributed by atoms with Crippen LogP contribution in [0.1, 0.15) is 12.0 Å². The average Bonchev–Trinajstić information content (AvgIpc) is 3.36. The number of nitrogens with zero attached hydrogens (tertiary/aromatic N) is 5. The molecule has 10 heteroatoms. The van der Waals surface area contributed by atoms with Crippen LogP contribution in [-0.2, 0) is 11.4 Å². The van der Waals surface area contributed by atoms with Gasteiger partial charge in [-0.1, -0.05) is 42.2 Å². The fraction of sp³-hybridized carbons (Fsp3) is 0.185. The number of carbonyl (C=O) groups excluding carboxylic acids is 1. The first kappa shape index (κ1) is 24.5. The molecule has 0 aliphatic carbocycles. The third kappa shape index (κ3) is 5.78. The molecule has 4 aromatic rings. The molecule has 1 aliphatic heterocycles. The van der Waals surface area contributed by atoms with Crippen molar-refractivity contribution in [2.45, 2.75) is 19.1 Å². The number of halogens is 2. The quantitative estimate of drug-likeness (QED) is 0.291. The van der Waals surface area contributed by atoms with Crippen molar-refractivity contribution in [3.63, 3.8) is 0 Å². The van der Waals surface area contributed by atoms with E-state index in [1.165, 1.54) is 24.5 Å². The van der Waals surface area contributed by atoms with Crippen molar-refractivity contribution in [2.75, 3.05) is 18.4 Å². The zero-order chi connectivity index (χ0) is 25.8. The molecule has 1 aliphatic rings. The fourth-order valence-corrected chi connectivity index (χ4v) is 4.31. The van der Waals surface area contributed by atoms with Gasteiger partial charge in [-0.25, -0.2) is 14.4 Å². The number of amides is 1. The highest BCUT2D eigenvalue weighted by Crippen LogP contribution is 2.32. The lowest BCUT2D eigenvalue weighted by Gasteiger charge is -2.23. The van der Waals surface area contributed by atoms with Crippen molar-refractivity contribution in [3.05, 3.63) is 95.3 Å². The summed E-state index contributed by atoms with van der Waals surface area (Å²) >= 11 is 6.44. The number of carbonyl (C=O) groups is 1. The third-order valence-electron chi connectivity index (χ3n) is 5.91. The SMILES string of the molecule is C=CC(=O)N1CCC([N-]c2ccc3ncnc(Nc4ccc(OCc5cccc(F)c5)c(Cl)c4)c3n2)C1. The van der Waals surface area contributed by atoms with E-state index in [0.717, 1.165) is 6.42 Å². The third-order valence-corrected chi connectivity index (χ3v) is 6.21. The maximum Gasteiger partial charge on any atom is 0.245 e. The highest BCUT2D eigenvalue weighted by Gasteiger charge is 2.22. The summed E-state index contributed by atoms with van der Waals surface area (Å²) in [6, 6.07) is 15.1. The maximum absolute atomic E-state index is 13.4. The van der Waals surface area contributed by atoms with Crippen molar-refractivity contribution < 1.29 is 13.9 Å². The summed E-state index contributed by atoms with van der Waals surface area (Å²) in [6.07, 6.45) is 3.54. The van der Waals surface area contributed by atoms with Gasteiger partial charge in [-0.15, -0.1) is 0 Å². The lowest BCUT2D eigenvalue weighted by Crippen LogP contribution is -2.27. The minimum Gasteiger partial charge on any atom is -0.487 e. The number of ether oxygens (including phenoxy) is 1. The molecule has 0 spiro atoms. The van der Waals surface area contributed by atoms with E-state index in [1.54, 1.807) is 41.3 Å². The Morgan fingerprint density at radius 2 is 2.14 bits per heavy atom. The Kier molecular flexibility index (Phi) is 7.14. The van der Waals surface area contributed by atoms with Crippen LogP contribution in [0.25, 0.3) is 16.4 Å². The largest absolute Gasteiger partial charge is 0.487 e. The Morgan fingerprint density at radius 3 is 2.95 bits per heavy atom. The predicted molar refractivity (Wildman–Crippen MR) is 141 cm³/mol. The highest BCUT2D eigenvalue weighted by atomic mass is 35.5. The molecule has 0 saturated carbocycles. The van der Waals surface area contributed by atoms with Crippen molar-refractivity contribution in [1.82, 2.24) is 19.9 Å². The van der Waals surface area contributed by atoms with Crippen molar-refractivity contribution in [3.8, 4) is 5.75 Å². The van der Waals surface area contributed by atoms with E-state index < -0.39 is 0 Å². The summed E-state index contributed by atoms with van der Waals surface area (Å²) in [5, 5.41) is 8.35. The molecule has 188 valence electrons. The molecule has 0 bridgehead atoms. The lowest BCUT2D eigenvalue weighted by atomic mass is 10.2. The zero-order valence-corrected chi connectivity index (χ0v) is 20.5. The molecule has 5 rings (SSSR count). The van der Waals surface area contributed by atoms with Gasteiger partial charge in [0.1, 0.15) is 30.3 Å². The first-order valence-electron chi connectivity index (χ1n) is 11.7. The summed E-state index contributed by atoms with van der Waals surface area (Å²) in [6.45, 7) is 4.92. The van der Waals surface area contributed by atoms with Crippen LogP contribution in [0.5, 0.6) is 5.75 Å². The number of rotatable bonds is 8. The van der Waals surface area contributed by atoms with E-state index in [1.807, 2.05) is 6.07 Å². The first-order valence-corrected chi connectivity index (χ1v) is 12.0. The first-order chi connectivity index (χ1) is 18.0. The van der Waals surface area contributed by atoms with Gasteiger partial charge in [0, 0.05) is 24.3 Å². The van der Waals surface area contributed by atoms with Gasteiger partial charge in [-0.05, 0) is 60.5 Å². The topological polar surface area (TPSA) is 94.3 Å². The molecular formula is C27H23ClFN6O2-. The molecule has 1 fully saturated rings. The van der Waals surface area contributed by atoms with Gasteiger partial charge >= 0.3 is 0 Å². The molecule has 2 aromatic heterocycles. The van der Waals surface area contributed by atoms with Crippen molar-refractivity contribution in [1.29, 1.82) is 0 Å². The molecule has 37 heavy (non-hydrogen) atoms. The Bertz CT molecular complexity index is 1470. The van der Waals surface area contributed by atoms with Gasteiger partial charge in [0.15, 0.2) is 0 Å². The normalized spacial score (nSPS) is 15.0.